The molecule has 0 bridgehead atoms. The summed E-state index contributed by atoms with van der Waals surface area (Å²) < 4.78 is 164. The Morgan fingerprint density at radius 3 is 0.923 bits per heavy atom. The molecule has 0 spiro atoms. The number of nitrogen functional groups attached to an aromatic ring is 2. The number of fused-ring (bicyclic) bond motifs is 2. The Kier molecular flexibility index (Phi) is 15.7. The number of aldehydes is 1. The molecular weight excluding hydrogens is 1120 g/mol. The van der Waals surface area contributed by atoms with Crippen LogP contribution in [0.2, 0.25) is 0 Å². The molecule has 7 rings (SSSR count). The Labute approximate surface area is 440 Å². The average Bonchev–Trinajstić information content (AvgIpc) is 3.47. The first-order valence-corrected chi connectivity index (χ1v) is 26.8. The molecule has 0 amide bonds. The number of phenolic OH excluding ortho intramolecular Hbond substituents is 2. The van der Waals surface area contributed by atoms with Gasteiger partial charge in [0.1, 0.15) is 93.8 Å². The number of phenols is 2. The number of aromatic hydroxyl groups is 2. The van der Waals surface area contributed by atoms with Gasteiger partial charge in [-0.25, -0.2) is 0 Å². The molecule has 0 saturated heterocycles. The number of hydrogen-bond acceptors (Lipinski definition) is 26. The smallest absolute Gasteiger partial charge is 0.296 e. The lowest BCUT2D eigenvalue weighted by molar-refractivity contribution is 0.112. The van der Waals surface area contributed by atoms with Crippen LogP contribution in [0.5, 0.6) is 40.2 Å². The van der Waals surface area contributed by atoms with E-state index >= 15 is 0 Å². The van der Waals surface area contributed by atoms with Gasteiger partial charge in [0.05, 0.1) is 46.9 Å². The normalized spacial score (nSPS) is 12.6. The molecule has 0 atom stereocenters. The molecule has 30 nitrogen and oxygen atoms in total. The van der Waals surface area contributed by atoms with E-state index in [9.17, 15) is 66.9 Å². The van der Waals surface area contributed by atoms with E-state index in [1.165, 1.54) is 71.9 Å². The Morgan fingerprint density at radius 1 is 0.385 bits per heavy atom. The van der Waals surface area contributed by atoms with Crippen molar-refractivity contribution in [2.24, 2.45) is 40.9 Å². The number of carbonyl (C=O) groups excluding carboxylic acids is 1. The third kappa shape index (κ3) is 11.5. The highest BCUT2D eigenvalue weighted by atomic mass is 32.2. The van der Waals surface area contributed by atoms with Crippen LogP contribution < -0.4 is 35.2 Å². The maximum absolute atomic E-state index is 12.5. The summed E-state index contributed by atoms with van der Waals surface area (Å²) >= 11 is 0. The number of nitrogens with zero attached hydrogens (tertiary/aromatic N) is 8. The van der Waals surface area contributed by atoms with Gasteiger partial charge in [0.15, 0.2) is 17.8 Å². The molecule has 0 saturated carbocycles. The van der Waals surface area contributed by atoms with Gasteiger partial charge in [-0.1, -0.05) is 0 Å². The number of nitrogens with two attached hydrogens (primary N) is 2. The number of carbonyl (C=O) groups is 1. The van der Waals surface area contributed by atoms with E-state index in [1.807, 2.05) is 0 Å². The summed E-state index contributed by atoms with van der Waals surface area (Å²) in [5.74, 6) is -2.03. The van der Waals surface area contributed by atoms with Crippen molar-refractivity contribution in [2.75, 3.05) is 47.0 Å². The van der Waals surface area contributed by atoms with Gasteiger partial charge >= 0.3 is 0 Å². The van der Waals surface area contributed by atoms with Gasteiger partial charge < -0.3 is 45.4 Å². The zero-order valence-electron chi connectivity index (χ0n) is 40.3. The van der Waals surface area contributed by atoms with Crippen molar-refractivity contribution in [3.05, 3.63) is 78.4 Å². The van der Waals surface area contributed by atoms with Crippen molar-refractivity contribution in [3.8, 4) is 40.2 Å². The summed E-state index contributed by atoms with van der Waals surface area (Å²) in [7, 11) is -13.9. The summed E-state index contributed by atoms with van der Waals surface area (Å²) in [5.41, 5.74) is 8.40. The van der Waals surface area contributed by atoms with Crippen molar-refractivity contribution in [1.29, 1.82) is 0 Å². The second kappa shape index (κ2) is 21.5. The predicted molar refractivity (Wildman–Crippen MR) is 273 cm³/mol. The average molecular weight is 1160 g/mol. The highest BCUT2D eigenvalue weighted by molar-refractivity contribution is 7.86. The molecule has 0 fully saturated rings. The van der Waals surface area contributed by atoms with Crippen molar-refractivity contribution in [2.45, 2.75) is 19.6 Å². The highest BCUT2D eigenvalue weighted by Gasteiger charge is 2.27. The maximum atomic E-state index is 12.5. The molecule has 0 aromatic heterocycles. The molecule has 0 aliphatic heterocycles. The summed E-state index contributed by atoms with van der Waals surface area (Å²) in [6, 6.07) is 12.5. The Morgan fingerprint density at radius 2 is 0.641 bits per heavy atom. The molecule has 0 heterocycles. The van der Waals surface area contributed by atoms with Gasteiger partial charge in [0.2, 0.25) is 0 Å². The van der Waals surface area contributed by atoms with Crippen LogP contribution in [0.15, 0.2) is 133 Å². The molecule has 10 N–H and O–H groups in total. The Hall–Kier alpha value is -9.03. The SMILES string of the molecule is COc1cc(N=Nc2c(S(=O)(=O)O)cc3cc(S(=O)(=O)O)c(N)cc3c2O)c(OC)cc1N=Nc1cc(OC)c(N=Nc2cc(OC)c(N=Nc3c(S(=O)(=O)O)cc4cc(S(=O)(=O)O)c(N)cc4c3O)cc2OC)cc1C=O. The van der Waals surface area contributed by atoms with Crippen LogP contribution >= 0.6 is 0 Å². The molecule has 7 aromatic rings. The largest absolute Gasteiger partial charge is 0.505 e. The lowest BCUT2D eigenvalue weighted by Gasteiger charge is -2.12. The van der Waals surface area contributed by atoms with E-state index in [-0.39, 0.29) is 90.0 Å². The molecule has 0 aliphatic carbocycles. The summed E-state index contributed by atoms with van der Waals surface area (Å²) in [6.07, 6.45) is 0.425. The lowest BCUT2D eigenvalue weighted by atomic mass is 10.1. The number of methoxy groups -OCH3 is 5. The molecule has 78 heavy (non-hydrogen) atoms. The second-order valence-corrected chi connectivity index (χ2v) is 21.2. The molecular formula is C44H38N10O20S4. The number of rotatable bonds is 18. The van der Waals surface area contributed by atoms with Crippen LogP contribution in [0, 0.1) is 0 Å². The molecule has 0 radical (unpaired) electrons. The van der Waals surface area contributed by atoms with E-state index in [2.05, 4.69) is 40.9 Å². The van der Waals surface area contributed by atoms with Gasteiger partial charge in [-0.2, -0.15) is 33.7 Å². The van der Waals surface area contributed by atoms with Gasteiger partial charge in [0, 0.05) is 46.7 Å². The molecule has 408 valence electrons. The molecule has 7 aromatic carbocycles. The van der Waals surface area contributed by atoms with E-state index in [0.29, 0.717) is 6.29 Å². The summed E-state index contributed by atoms with van der Waals surface area (Å²) in [6.45, 7) is 0. The van der Waals surface area contributed by atoms with E-state index < -0.39 is 94.3 Å². The number of benzene rings is 7. The minimum absolute atomic E-state index is 0.0110. The third-order valence-corrected chi connectivity index (χ3v) is 14.5. The first-order chi connectivity index (χ1) is 36.6. The van der Waals surface area contributed by atoms with E-state index in [1.54, 1.807) is 0 Å². The number of azo groups is 4. The summed E-state index contributed by atoms with van der Waals surface area (Å²) in [5, 5.41) is 53.7. The van der Waals surface area contributed by atoms with Crippen molar-refractivity contribution in [3.63, 3.8) is 0 Å². The second-order valence-electron chi connectivity index (χ2n) is 15.7. The first-order valence-electron chi connectivity index (χ1n) is 21.0. The van der Waals surface area contributed by atoms with E-state index in [0.717, 1.165) is 36.4 Å². The van der Waals surface area contributed by atoms with Gasteiger partial charge in [-0.05, 0) is 53.2 Å². The maximum Gasteiger partial charge on any atom is 0.296 e. The Balaban J connectivity index is 1.20. The fraction of sp³-hybridized carbons (Fsp3) is 0.114. The van der Waals surface area contributed by atoms with Crippen molar-refractivity contribution < 1.29 is 90.6 Å². The first kappa shape index (κ1) is 56.7. The standard InChI is InChI=1S/C44H38N10O20S4/c1-70-32-13-26(47-49-28-14-35(73-4)30(16-33(28)71-2)51-53-41-39(77(64,65)66)9-19-7-37(75(58,59)60)24(45)11-22(19)43(41)56)21(18-55)6-27(32)48-50-29-15-36(74-5)31(17-34(29)72-3)52-54-42-40(78(67,68)69)10-20-8-38(76(61,62)63)25(46)12-23(20)44(42)57/h6-18,56-57H,45-46H2,1-5H3,(H,58,59,60)(H,61,62,63)(H,64,65,66)(H,67,68,69). The van der Waals surface area contributed by atoms with Crippen LogP contribution in [0.4, 0.5) is 56.9 Å². The number of ether oxygens (including phenoxy) is 5. The van der Waals surface area contributed by atoms with Gasteiger partial charge in [-0.3, -0.25) is 23.0 Å². The highest BCUT2D eigenvalue weighted by Crippen LogP contribution is 2.48. The fourth-order valence-electron chi connectivity index (χ4n) is 7.28. The molecule has 0 unspecified atom stereocenters. The quantitative estimate of drug-likeness (QED) is 0.0172. The Bertz CT molecular complexity index is 4270. The van der Waals surface area contributed by atoms with E-state index in [4.69, 9.17) is 35.2 Å². The monoisotopic (exact) mass is 1150 g/mol. The van der Waals surface area contributed by atoms with Crippen LogP contribution in [0.3, 0.4) is 0 Å². The van der Waals surface area contributed by atoms with Gasteiger partial charge in [-0.15, -0.1) is 40.9 Å². The minimum atomic E-state index is -5.18. The number of hydrogen-bond donors (Lipinski definition) is 8. The lowest BCUT2D eigenvalue weighted by Crippen LogP contribution is -2.04. The molecule has 0 aliphatic rings. The van der Waals surface area contributed by atoms with Crippen LogP contribution in [0.25, 0.3) is 21.5 Å². The molecule has 34 heteroatoms. The van der Waals surface area contributed by atoms with Crippen LogP contribution in [-0.4, -0.2) is 104 Å². The predicted octanol–water partition coefficient (Wildman–Crippen LogP) is 9.07. The zero-order chi connectivity index (χ0) is 57.4. The topological polar surface area (TPSA) is 472 Å². The minimum Gasteiger partial charge on any atom is -0.505 e. The number of anilines is 2. The van der Waals surface area contributed by atoms with Crippen LogP contribution in [-0.2, 0) is 40.5 Å². The van der Waals surface area contributed by atoms with Gasteiger partial charge in [0.25, 0.3) is 40.5 Å². The van der Waals surface area contributed by atoms with Crippen molar-refractivity contribution in [1.82, 2.24) is 0 Å². The van der Waals surface area contributed by atoms with Crippen LogP contribution in [0.1, 0.15) is 10.4 Å². The summed E-state index contributed by atoms with van der Waals surface area (Å²) in [4.78, 5) is 8.82. The third-order valence-electron chi connectivity index (χ3n) is 10.9. The zero-order valence-corrected chi connectivity index (χ0v) is 43.5. The fourth-order valence-corrected chi connectivity index (χ4v) is 9.86. The van der Waals surface area contributed by atoms with Crippen molar-refractivity contribution >= 4 is 125 Å².